The molecule has 0 aliphatic rings. The zero-order chi connectivity index (χ0) is 28.1. The van der Waals surface area contributed by atoms with Crippen LogP contribution in [0.3, 0.4) is 0 Å². The van der Waals surface area contributed by atoms with Gasteiger partial charge in [-0.25, -0.2) is 9.78 Å². The second kappa shape index (κ2) is 15.4. The third-order valence-corrected chi connectivity index (χ3v) is 6.16. The van der Waals surface area contributed by atoms with E-state index in [1.807, 2.05) is 6.26 Å². The van der Waals surface area contributed by atoms with E-state index in [0.717, 1.165) is 5.56 Å². The van der Waals surface area contributed by atoms with Crippen LogP contribution in [0.2, 0.25) is 0 Å². The Balaban J connectivity index is 2.19. The van der Waals surface area contributed by atoms with Gasteiger partial charge in [-0.1, -0.05) is 30.3 Å². The van der Waals surface area contributed by atoms with E-state index in [2.05, 4.69) is 25.9 Å². The first-order chi connectivity index (χ1) is 18.1. The SMILES string of the molecule is CSCCC(N)C(=O)NC(Cc1ccccc1)C(=O)NC(CC(N)=O)C(=O)NC(Cc1cnc[nH]1)C(=O)O. The summed E-state index contributed by atoms with van der Waals surface area (Å²) in [5, 5.41) is 16.9. The molecule has 1 aromatic heterocycles. The monoisotopic (exact) mass is 547 g/mol. The number of primary amides is 1. The Labute approximate surface area is 223 Å². The number of carbonyl (C=O) groups is 5. The average molecular weight is 548 g/mol. The molecular formula is C24H33N7O6S. The van der Waals surface area contributed by atoms with Crippen LogP contribution in [-0.2, 0) is 36.8 Å². The molecule has 2 aromatic rings. The van der Waals surface area contributed by atoms with E-state index in [-0.39, 0.29) is 12.8 Å². The van der Waals surface area contributed by atoms with Crippen LogP contribution in [0.4, 0.5) is 0 Å². The summed E-state index contributed by atoms with van der Waals surface area (Å²) in [5.74, 6) is -3.81. The van der Waals surface area contributed by atoms with Crippen molar-refractivity contribution in [2.75, 3.05) is 12.0 Å². The molecule has 38 heavy (non-hydrogen) atoms. The number of thioether (sulfide) groups is 1. The van der Waals surface area contributed by atoms with Gasteiger partial charge in [-0.3, -0.25) is 19.2 Å². The highest BCUT2D eigenvalue weighted by Gasteiger charge is 2.31. The molecule has 14 heteroatoms. The quantitative estimate of drug-likeness (QED) is 0.132. The van der Waals surface area contributed by atoms with Gasteiger partial charge in [-0.05, 0) is 24.0 Å². The zero-order valence-corrected chi connectivity index (χ0v) is 21.7. The van der Waals surface area contributed by atoms with Gasteiger partial charge in [0, 0.05) is 24.7 Å². The predicted octanol–water partition coefficient (Wildman–Crippen LogP) is -1.31. The van der Waals surface area contributed by atoms with Crippen LogP contribution in [0.5, 0.6) is 0 Å². The van der Waals surface area contributed by atoms with Crippen molar-refractivity contribution in [1.82, 2.24) is 25.9 Å². The Hall–Kier alpha value is -3.91. The normalized spacial score (nSPS) is 13.9. The second-order valence-corrected chi connectivity index (χ2v) is 9.54. The third-order valence-electron chi connectivity index (χ3n) is 5.52. The van der Waals surface area contributed by atoms with E-state index in [0.29, 0.717) is 17.9 Å². The van der Waals surface area contributed by atoms with E-state index in [1.54, 1.807) is 30.3 Å². The predicted molar refractivity (Wildman–Crippen MR) is 141 cm³/mol. The molecule has 0 aliphatic carbocycles. The Morgan fingerprint density at radius 2 is 1.61 bits per heavy atom. The Bertz CT molecular complexity index is 1080. The number of carbonyl (C=O) groups excluding carboxylic acids is 4. The lowest BCUT2D eigenvalue weighted by Crippen LogP contribution is -2.58. The number of benzene rings is 1. The number of carboxylic acid groups (broad SMARTS) is 1. The first-order valence-corrected chi connectivity index (χ1v) is 13.2. The number of aromatic amines is 1. The molecule has 1 aromatic carbocycles. The number of rotatable bonds is 16. The zero-order valence-electron chi connectivity index (χ0n) is 20.9. The van der Waals surface area contributed by atoms with Crippen LogP contribution < -0.4 is 27.4 Å². The molecule has 0 bridgehead atoms. The van der Waals surface area contributed by atoms with Crippen molar-refractivity contribution in [3.05, 3.63) is 54.1 Å². The number of nitrogens with zero attached hydrogens (tertiary/aromatic N) is 1. The minimum Gasteiger partial charge on any atom is -0.480 e. The summed E-state index contributed by atoms with van der Waals surface area (Å²) in [4.78, 5) is 68.8. The van der Waals surface area contributed by atoms with E-state index < -0.39 is 60.2 Å². The van der Waals surface area contributed by atoms with Crippen molar-refractivity contribution in [1.29, 1.82) is 0 Å². The maximum atomic E-state index is 13.3. The number of nitrogens with two attached hydrogens (primary N) is 2. The van der Waals surface area contributed by atoms with Crippen LogP contribution in [0.15, 0.2) is 42.9 Å². The maximum absolute atomic E-state index is 13.3. The number of aliphatic carboxylic acids is 1. The summed E-state index contributed by atoms with van der Waals surface area (Å²) in [7, 11) is 0. The van der Waals surface area contributed by atoms with Gasteiger partial charge in [-0.2, -0.15) is 11.8 Å². The van der Waals surface area contributed by atoms with E-state index in [1.165, 1.54) is 24.3 Å². The smallest absolute Gasteiger partial charge is 0.326 e. The Morgan fingerprint density at radius 3 is 2.18 bits per heavy atom. The molecule has 0 aliphatic heterocycles. The van der Waals surface area contributed by atoms with Gasteiger partial charge in [0.2, 0.25) is 23.6 Å². The minimum absolute atomic E-state index is 0.0795. The number of carboxylic acids is 1. The molecule has 0 fully saturated rings. The molecule has 0 radical (unpaired) electrons. The van der Waals surface area contributed by atoms with E-state index in [9.17, 15) is 29.1 Å². The summed E-state index contributed by atoms with van der Waals surface area (Å²) in [6, 6.07) is 4.03. The lowest BCUT2D eigenvalue weighted by Gasteiger charge is -2.25. The van der Waals surface area contributed by atoms with Crippen molar-refractivity contribution in [3.63, 3.8) is 0 Å². The molecule has 4 amide bonds. The lowest BCUT2D eigenvalue weighted by molar-refractivity contribution is -0.142. The molecule has 13 nitrogen and oxygen atoms in total. The highest BCUT2D eigenvalue weighted by molar-refractivity contribution is 7.98. The number of H-pyrrole nitrogens is 1. The molecular weight excluding hydrogens is 514 g/mol. The maximum Gasteiger partial charge on any atom is 0.326 e. The topological polar surface area (TPSA) is 222 Å². The Morgan fingerprint density at radius 1 is 0.974 bits per heavy atom. The number of nitrogens with one attached hydrogen (secondary N) is 4. The first kappa shape index (κ1) is 30.3. The minimum atomic E-state index is -1.48. The number of aromatic nitrogens is 2. The van der Waals surface area contributed by atoms with Gasteiger partial charge in [0.05, 0.1) is 18.8 Å². The molecule has 206 valence electrons. The number of hydrogen-bond acceptors (Lipinski definition) is 8. The van der Waals surface area contributed by atoms with Crippen molar-refractivity contribution in [2.24, 2.45) is 11.5 Å². The largest absolute Gasteiger partial charge is 0.480 e. The fourth-order valence-electron chi connectivity index (χ4n) is 3.49. The standard InChI is InChI=1S/C24H33N7O6S/c1-38-8-7-16(25)21(33)29-17(9-14-5-3-2-4-6-14)22(34)30-18(11-20(26)32)23(35)31-19(24(36)37)10-15-12-27-13-28-15/h2-6,12-13,16-19H,7-11,25H2,1H3,(H2,26,32)(H,27,28)(H,29,33)(H,30,34)(H,31,35)(H,36,37). The second-order valence-electron chi connectivity index (χ2n) is 8.55. The fraction of sp³-hybridized carbons (Fsp3) is 0.417. The van der Waals surface area contributed by atoms with Crippen molar-refractivity contribution in [3.8, 4) is 0 Å². The number of imidazole rings is 1. The van der Waals surface area contributed by atoms with Crippen LogP contribution in [0.1, 0.15) is 24.1 Å². The summed E-state index contributed by atoms with van der Waals surface area (Å²) < 4.78 is 0. The molecule has 4 unspecified atom stereocenters. The number of amides is 4. The van der Waals surface area contributed by atoms with Crippen LogP contribution in [-0.4, -0.2) is 80.8 Å². The molecule has 9 N–H and O–H groups in total. The van der Waals surface area contributed by atoms with Crippen LogP contribution in [0, 0.1) is 0 Å². The van der Waals surface area contributed by atoms with E-state index in [4.69, 9.17) is 11.5 Å². The fourth-order valence-corrected chi connectivity index (χ4v) is 3.97. The van der Waals surface area contributed by atoms with Crippen molar-refractivity contribution >= 4 is 41.4 Å². The average Bonchev–Trinajstić information content (AvgIpc) is 3.39. The van der Waals surface area contributed by atoms with Gasteiger partial charge in [0.25, 0.3) is 0 Å². The highest BCUT2D eigenvalue weighted by atomic mass is 32.2. The molecule has 0 spiro atoms. The third kappa shape index (κ3) is 10.2. The molecule has 0 saturated heterocycles. The van der Waals surface area contributed by atoms with Crippen LogP contribution in [0.25, 0.3) is 0 Å². The first-order valence-electron chi connectivity index (χ1n) is 11.8. The summed E-state index contributed by atoms with van der Waals surface area (Å²) in [6.45, 7) is 0. The lowest BCUT2D eigenvalue weighted by atomic mass is 10.0. The van der Waals surface area contributed by atoms with Gasteiger partial charge in [-0.15, -0.1) is 0 Å². The number of hydrogen-bond donors (Lipinski definition) is 7. The van der Waals surface area contributed by atoms with E-state index >= 15 is 0 Å². The molecule has 0 saturated carbocycles. The summed E-state index contributed by atoms with van der Waals surface area (Å²) in [6.07, 6.45) is 4.42. The highest BCUT2D eigenvalue weighted by Crippen LogP contribution is 2.07. The van der Waals surface area contributed by atoms with Crippen molar-refractivity contribution < 1.29 is 29.1 Å². The van der Waals surface area contributed by atoms with Gasteiger partial charge >= 0.3 is 5.97 Å². The summed E-state index contributed by atoms with van der Waals surface area (Å²) in [5.41, 5.74) is 12.4. The molecule has 4 atom stereocenters. The van der Waals surface area contributed by atoms with Crippen molar-refractivity contribution in [2.45, 2.75) is 49.9 Å². The molecule has 1 heterocycles. The van der Waals surface area contributed by atoms with Gasteiger partial charge in [0.15, 0.2) is 0 Å². The molecule has 2 rings (SSSR count). The summed E-state index contributed by atoms with van der Waals surface area (Å²) >= 11 is 1.53. The Kier molecular flexibility index (Phi) is 12.3. The van der Waals surface area contributed by atoms with Gasteiger partial charge < -0.3 is 37.5 Å². The van der Waals surface area contributed by atoms with Crippen LogP contribution >= 0.6 is 11.8 Å². The van der Waals surface area contributed by atoms with Gasteiger partial charge in [0.1, 0.15) is 18.1 Å².